The quantitative estimate of drug-likeness (QED) is 0.543. The molecule has 2 aliphatic carbocycles. The largest absolute Gasteiger partial charge is 0.329 e. The number of aromatic nitrogens is 5. The van der Waals surface area contributed by atoms with E-state index in [1.165, 1.54) is 29.9 Å². The fraction of sp³-hybridized carbons (Fsp3) is 0.476. The molecule has 0 spiro atoms. The molecule has 3 aromatic rings. The summed E-state index contributed by atoms with van der Waals surface area (Å²) in [6.07, 6.45) is 10.8. The number of hydrogen-bond donors (Lipinski definition) is 3. The highest BCUT2D eigenvalue weighted by Gasteiger charge is 2.34. The normalized spacial score (nSPS) is 20.1. The van der Waals surface area contributed by atoms with Gasteiger partial charge in [0.05, 0.1) is 11.9 Å². The Labute approximate surface area is 183 Å². The lowest BCUT2D eigenvalue weighted by atomic mass is 10.2. The Balaban J connectivity index is 1.27. The molecule has 1 saturated heterocycles. The van der Waals surface area contributed by atoms with Crippen LogP contribution in [-0.4, -0.2) is 43.4 Å². The van der Waals surface area contributed by atoms with E-state index in [-0.39, 0.29) is 11.9 Å². The van der Waals surface area contributed by atoms with E-state index < -0.39 is 0 Å². The summed E-state index contributed by atoms with van der Waals surface area (Å²) in [5, 5.41) is 8.81. The lowest BCUT2D eigenvalue weighted by molar-refractivity contribution is -0.117. The third-order valence-corrected chi connectivity index (χ3v) is 6.93. The Hall–Kier alpha value is -3.01. The van der Waals surface area contributed by atoms with Crippen molar-refractivity contribution in [3.63, 3.8) is 0 Å². The number of carbonyl (C=O) groups is 1. The van der Waals surface area contributed by atoms with Crippen LogP contribution in [0.5, 0.6) is 0 Å². The Morgan fingerprint density at radius 3 is 2.94 bits per heavy atom. The summed E-state index contributed by atoms with van der Waals surface area (Å²) in [5.74, 6) is 2.72. The predicted octanol–water partition coefficient (Wildman–Crippen LogP) is 3.37. The van der Waals surface area contributed by atoms with Crippen LogP contribution in [0.2, 0.25) is 0 Å². The van der Waals surface area contributed by atoms with E-state index in [4.69, 9.17) is 9.97 Å². The number of H-pyrrole nitrogens is 1. The summed E-state index contributed by atoms with van der Waals surface area (Å²) in [7, 11) is 0. The van der Waals surface area contributed by atoms with Crippen molar-refractivity contribution in [2.24, 2.45) is 0 Å². The van der Waals surface area contributed by atoms with Crippen LogP contribution in [0.3, 0.4) is 0 Å². The Morgan fingerprint density at radius 2 is 2.10 bits per heavy atom. The van der Waals surface area contributed by atoms with Gasteiger partial charge < -0.3 is 20.5 Å². The topological polar surface area (TPSA) is 112 Å². The SMILES string of the molecule is O=C(Nc1nccs1)[C@H]1CCCN1c1nc2c(c(Nc3ncc(C4CC4)[nH]3)n1)CCC2. The van der Waals surface area contributed by atoms with Crippen molar-refractivity contribution in [3.05, 3.63) is 34.7 Å². The zero-order valence-corrected chi connectivity index (χ0v) is 17.9. The number of carbonyl (C=O) groups excluding carboxylic acids is 1. The van der Waals surface area contributed by atoms with Gasteiger partial charge in [-0.3, -0.25) is 4.79 Å². The van der Waals surface area contributed by atoms with Crippen molar-refractivity contribution >= 4 is 40.1 Å². The third-order valence-electron chi connectivity index (χ3n) is 6.25. The van der Waals surface area contributed by atoms with Crippen LogP contribution >= 0.6 is 11.3 Å². The fourth-order valence-corrected chi connectivity index (χ4v) is 5.05. The molecule has 0 aromatic carbocycles. The average molecular weight is 437 g/mol. The molecule has 1 saturated carbocycles. The van der Waals surface area contributed by atoms with Crippen LogP contribution in [0.1, 0.15) is 55.0 Å². The van der Waals surface area contributed by atoms with Gasteiger partial charge in [-0.1, -0.05) is 0 Å². The Kier molecular flexibility index (Phi) is 4.59. The maximum Gasteiger partial charge on any atom is 0.248 e. The summed E-state index contributed by atoms with van der Waals surface area (Å²) in [6.45, 7) is 0.765. The number of anilines is 4. The van der Waals surface area contributed by atoms with Gasteiger partial charge in [-0.15, -0.1) is 11.3 Å². The van der Waals surface area contributed by atoms with Crippen LogP contribution < -0.4 is 15.5 Å². The van der Waals surface area contributed by atoms with Crippen molar-refractivity contribution in [2.75, 3.05) is 22.1 Å². The Morgan fingerprint density at radius 1 is 1.16 bits per heavy atom. The summed E-state index contributed by atoms with van der Waals surface area (Å²) in [4.78, 5) is 36.7. The Bertz CT molecular complexity index is 1110. The molecule has 6 rings (SSSR count). The summed E-state index contributed by atoms with van der Waals surface area (Å²) in [5.41, 5.74) is 3.43. The molecule has 1 atom stereocenters. The molecule has 2 fully saturated rings. The number of hydrogen-bond acceptors (Lipinski definition) is 8. The fourth-order valence-electron chi connectivity index (χ4n) is 4.52. The third kappa shape index (κ3) is 3.65. The second-order valence-electron chi connectivity index (χ2n) is 8.42. The first-order valence-electron chi connectivity index (χ1n) is 10.9. The second kappa shape index (κ2) is 7.60. The molecule has 1 aliphatic heterocycles. The molecule has 10 heteroatoms. The molecular weight excluding hydrogens is 412 g/mol. The predicted molar refractivity (Wildman–Crippen MR) is 119 cm³/mol. The van der Waals surface area contributed by atoms with Crippen molar-refractivity contribution in [1.29, 1.82) is 0 Å². The van der Waals surface area contributed by atoms with Gasteiger partial charge in [-0.25, -0.2) is 15.0 Å². The monoisotopic (exact) mass is 436 g/mol. The first-order chi connectivity index (χ1) is 15.2. The number of imidazole rings is 1. The zero-order valence-electron chi connectivity index (χ0n) is 17.1. The molecule has 0 radical (unpaired) electrons. The lowest BCUT2D eigenvalue weighted by Gasteiger charge is -2.24. The molecule has 3 aromatic heterocycles. The minimum Gasteiger partial charge on any atom is -0.329 e. The number of rotatable bonds is 6. The summed E-state index contributed by atoms with van der Waals surface area (Å²) in [6, 6.07) is -0.290. The maximum absolute atomic E-state index is 12.9. The van der Waals surface area contributed by atoms with E-state index in [0.717, 1.165) is 61.7 Å². The molecule has 160 valence electrons. The molecule has 1 amide bonds. The summed E-state index contributed by atoms with van der Waals surface area (Å²) < 4.78 is 0. The molecule has 0 bridgehead atoms. The molecule has 3 N–H and O–H groups in total. The number of fused-ring (bicyclic) bond motifs is 1. The highest BCUT2D eigenvalue weighted by molar-refractivity contribution is 7.13. The lowest BCUT2D eigenvalue weighted by Crippen LogP contribution is -2.40. The van der Waals surface area contributed by atoms with Crippen molar-refractivity contribution in [1.82, 2.24) is 24.9 Å². The van der Waals surface area contributed by atoms with Crippen LogP contribution in [0.4, 0.5) is 22.8 Å². The second-order valence-corrected chi connectivity index (χ2v) is 9.31. The van der Waals surface area contributed by atoms with Crippen LogP contribution in [0, 0.1) is 0 Å². The van der Waals surface area contributed by atoms with Gasteiger partial charge in [0, 0.05) is 35.3 Å². The minimum atomic E-state index is -0.290. The molecular formula is C21H24N8OS. The van der Waals surface area contributed by atoms with Gasteiger partial charge in [0.25, 0.3) is 0 Å². The number of aryl methyl sites for hydroxylation is 1. The van der Waals surface area contributed by atoms with Crippen LogP contribution in [0.15, 0.2) is 17.8 Å². The van der Waals surface area contributed by atoms with Crippen molar-refractivity contribution in [3.8, 4) is 0 Å². The summed E-state index contributed by atoms with van der Waals surface area (Å²) >= 11 is 1.42. The van der Waals surface area contributed by atoms with Crippen LogP contribution in [0.25, 0.3) is 0 Å². The number of nitrogens with one attached hydrogen (secondary N) is 3. The van der Waals surface area contributed by atoms with E-state index >= 15 is 0 Å². The maximum atomic E-state index is 12.9. The highest BCUT2D eigenvalue weighted by atomic mass is 32.1. The average Bonchev–Trinajstić information content (AvgIpc) is 3.27. The van der Waals surface area contributed by atoms with E-state index in [2.05, 4.69) is 25.6 Å². The van der Waals surface area contributed by atoms with Gasteiger partial charge in [-0.2, -0.15) is 4.98 Å². The van der Waals surface area contributed by atoms with Gasteiger partial charge >= 0.3 is 0 Å². The van der Waals surface area contributed by atoms with Gasteiger partial charge in [0.1, 0.15) is 11.9 Å². The van der Waals surface area contributed by atoms with E-state index in [1.54, 1.807) is 6.20 Å². The van der Waals surface area contributed by atoms with Gasteiger partial charge in [0.15, 0.2) is 5.13 Å². The van der Waals surface area contributed by atoms with E-state index in [9.17, 15) is 4.79 Å². The van der Waals surface area contributed by atoms with Gasteiger partial charge in [0.2, 0.25) is 17.8 Å². The van der Waals surface area contributed by atoms with Crippen molar-refractivity contribution < 1.29 is 4.79 Å². The molecule has 4 heterocycles. The first kappa shape index (κ1) is 18.7. The highest BCUT2D eigenvalue weighted by Crippen LogP contribution is 2.39. The molecule has 31 heavy (non-hydrogen) atoms. The smallest absolute Gasteiger partial charge is 0.248 e. The standard InChI is InChI=1S/C21H24N8OS/c30-18(28-21-22-8-10-31-21)16-5-2-9-29(16)20-25-14-4-1-3-13(14)17(27-20)26-19-23-11-15(24-19)12-6-7-12/h8,10-12,16H,1-7,9H2,(H,22,28,30)(H2,23,24,25,26,27)/t16-/m1/s1. The first-order valence-corrected chi connectivity index (χ1v) is 11.8. The number of aromatic amines is 1. The van der Waals surface area contributed by atoms with Crippen molar-refractivity contribution in [2.45, 2.75) is 56.9 Å². The molecule has 3 aliphatic rings. The molecule has 0 unspecified atom stereocenters. The molecule has 9 nitrogen and oxygen atoms in total. The number of nitrogens with zero attached hydrogens (tertiary/aromatic N) is 5. The minimum absolute atomic E-state index is 0.0498. The van der Waals surface area contributed by atoms with E-state index in [0.29, 0.717) is 17.0 Å². The number of amides is 1. The van der Waals surface area contributed by atoms with Crippen LogP contribution in [-0.2, 0) is 17.6 Å². The van der Waals surface area contributed by atoms with Gasteiger partial charge in [-0.05, 0) is 44.9 Å². The number of thiazole rings is 1. The zero-order chi connectivity index (χ0) is 20.8. The van der Waals surface area contributed by atoms with E-state index in [1.807, 2.05) is 16.5 Å².